The van der Waals surface area contributed by atoms with Crippen LogP contribution >= 0.6 is 0 Å². The van der Waals surface area contributed by atoms with Gasteiger partial charge in [0.05, 0.1) is 6.61 Å². The van der Waals surface area contributed by atoms with E-state index in [4.69, 9.17) is 10.8 Å². The molecule has 1 fully saturated rings. The minimum atomic E-state index is 0.0510. The minimum absolute atomic E-state index is 0.0510. The number of hydrogen-bond acceptors (Lipinski definition) is 3. The molecule has 1 aliphatic rings. The fourth-order valence-corrected chi connectivity index (χ4v) is 1.93. The minimum Gasteiger partial charge on any atom is -0.395 e. The monoisotopic (exact) mass is 186 g/mol. The average molecular weight is 186 g/mol. The van der Waals surface area contributed by atoms with Crippen LogP contribution in [0.1, 0.15) is 26.2 Å². The summed E-state index contributed by atoms with van der Waals surface area (Å²) in [6, 6.07) is 0.177. The Hall–Kier alpha value is -0.120. The number of aliphatic hydroxyl groups is 1. The van der Waals surface area contributed by atoms with Gasteiger partial charge in [-0.05, 0) is 32.7 Å². The average Bonchev–Trinajstić information content (AvgIpc) is 1.97. The van der Waals surface area contributed by atoms with Gasteiger partial charge in [-0.15, -0.1) is 0 Å². The van der Waals surface area contributed by atoms with E-state index in [9.17, 15) is 0 Å². The van der Waals surface area contributed by atoms with Crippen molar-refractivity contribution in [2.24, 2.45) is 11.7 Å². The van der Waals surface area contributed by atoms with Crippen LogP contribution in [0.25, 0.3) is 0 Å². The second-order valence-electron chi connectivity index (χ2n) is 4.35. The maximum absolute atomic E-state index is 9.15. The SMILES string of the molecule is CC(N)C(CO)N(C)CC1CCC1. The van der Waals surface area contributed by atoms with Gasteiger partial charge in [0.15, 0.2) is 0 Å². The molecular formula is C10H22N2O. The number of rotatable bonds is 5. The molecule has 1 aliphatic carbocycles. The van der Waals surface area contributed by atoms with Gasteiger partial charge in [-0.2, -0.15) is 0 Å². The first-order valence-electron chi connectivity index (χ1n) is 5.21. The Bertz CT molecular complexity index is 146. The highest BCUT2D eigenvalue weighted by Gasteiger charge is 2.24. The molecule has 1 rings (SSSR count). The standard InChI is InChI=1S/C10H22N2O/c1-8(11)10(7-13)12(2)6-9-4-3-5-9/h8-10,13H,3-7,11H2,1-2H3. The first kappa shape index (κ1) is 11.0. The molecule has 3 N–H and O–H groups in total. The van der Waals surface area contributed by atoms with E-state index in [0.29, 0.717) is 0 Å². The fourth-order valence-electron chi connectivity index (χ4n) is 1.93. The van der Waals surface area contributed by atoms with Crippen molar-refractivity contribution in [2.75, 3.05) is 20.2 Å². The maximum atomic E-state index is 9.15. The number of aliphatic hydroxyl groups excluding tert-OH is 1. The van der Waals surface area contributed by atoms with E-state index in [2.05, 4.69) is 11.9 Å². The number of hydrogen-bond donors (Lipinski definition) is 2. The molecule has 13 heavy (non-hydrogen) atoms. The highest BCUT2D eigenvalue weighted by atomic mass is 16.3. The van der Waals surface area contributed by atoms with Gasteiger partial charge >= 0.3 is 0 Å². The number of nitrogens with zero attached hydrogens (tertiary/aromatic N) is 1. The van der Waals surface area contributed by atoms with Crippen molar-refractivity contribution in [3.63, 3.8) is 0 Å². The van der Waals surface area contributed by atoms with E-state index < -0.39 is 0 Å². The van der Waals surface area contributed by atoms with Crippen molar-refractivity contribution in [3.05, 3.63) is 0 Å². The van der Waals surface area contributed by atoms with Gasteiger partial charge in [-0.25, -0.2) is 0 Å². The van der Waals surface area contributed by atoms with Gasteiger partial charge in [0.1, 0.15) is 0 Å². The molecule has 0 aromatic heterocycles. The summed E-state index contributed by atoms with van der Waals surface area (Å²) >= 11 is 0. The highest BCUT2D eigenvalue weighted by Crippen LogP contribution is 2.27. The lowest BCUT2D eigenvalue weighted by molar-refractivity contribution is 0.0992. The zero-order chi connectivity index (χ0) is 9.84. The lowest BCUT2D eigenvalue weighted by atomic mass is 9.85. The normalized spacial score (nSPS) is 22.8. The summed E-state index contributed by atoms with van der Waals surface area (Å²) in [6.45, 7) is 3.21. The van der Waals surface area contributed by atoms with E-state index in [1.54, 1.807) is 0 Å². The summed E-state index contributed by atoms with van der Waals surface area (Å²) in [4.78, 5) is 2.20. The van der Waals surface area contributed by atoms with Gasteiger partial charge in [-0.3, -0.25) is 4.90 Å². The third-order valence-electron chi connectivity index (χ3n) is 3.13. The molecule has 3 nitrogen and oxygen atoms in total. The largest absolute Gasteiger partial charge is 0.395 e. The molecular weight excluding hydrogens is 164 g/mol. The Morgan fingerprint density at radius 1 is 1.54 bits per heavy atom. The molecule has 2 unspecified atom stereocenters. The first-order valence-corrected chi connectivity index (χ1v) is 5.21. The third-order valence-corrected chi connectivity index (χ3v) is 3.13. The van der Waals surface area contributed by atoms with Crippen LogP contribution in [0.3, 0.4) is 0 Å². The second-order valence-corrected chi connectivity index (χ2v) is 4.35. The maximum Gasteiger partial charge on any atom is 0.0601 e. The Morgan fingerprint density at radius 3 is 2.46 bits per heavy atom. The molecule has 0 heterocycles. The summed E-state index contributed by atoms with van der Waals surface area (Å²) in [5.41, 5.74) is 5.78. The molecule has 0 bridgehead atoms. The number of likely N-dealkylation sites (N-methyl/N-ethyl adjacent to an activating group) is 1. The van der Waals surface area contributed by atoms with Gasteiger partial charge in [0.25, 0.3) is 0 Å². The van der Waals surface area contributed by atoms with Gasteiger partial charge in [0.2, 0.25) is 0 Å². The summed E-state index contributed by atoms with van der Waals surface area (Å²) in [5, 5.41) is 9.15. The van der Waals surface area contributed by atoms with Crippen molar-refractivity contribution in [1.82, 2.24) is 4.90 Å². The zero-order valence-electron chi connectivity index (χ0n) is 8.74. The van der Waals surface area contributed by atoms with Crippen LogP contribution in [0.5, 0.6) is 0 Å². The predicted molar refractivity (Wildman–Crippen MR) is 54.5 cm³/mol. The molecule has 0 aromatic rings. The third kappa shape index (κ3) is 2.93. The van der Waals surface area contributed by atoms with Crippen molar-refractivity contribution < 1.29 is 5.11 Å². The molecule has 0 saturated heterocycles. The molecule has 0 radical (unpaired) electrons. The highest BCUT2D eigenvalue weighted by molar-refractivity contribution is 4.80. The van der Waals surface area contributed by atoms with Crippen LogP contribution in [-0.2, 0) is 0 Å². The van der Waals surface area contributed by atoms with Crippen molar-refractivity contribution in [3.8, 4) is 0 Å². The topological polar surface area (TPSA) is 49.5 Å². The molecule has 78 valence electrons. The van der Waals surface area contributed by atoms with E-state index in [1.165, 1.54) is 19.3 Å². The Balaban J connectivity index is 2.29. The molecule has 0 aliphatic heterocycles. The molecule has 1 saturated carbocycles. The van der Waals surface area contributed by atoms with Gasteiger partial charge in [-0.1, -0.05) is 6.42 Å². The van der Waals surface area contributed by atoms with Crippen molar-refractivity contribution in [2.45, 2.75) is 38.3 Å². The van der Waals surface area contributed by atoms with Crippen LogP contribution in [-0.4, -0.2) is 42.3 Å². The summed E-state index contributed by atoms with van der Waals surface area (Å²) in [7, 11) is 2.06. The van der Waals surface area contributed by atoms with Gasteiger partial charge < -0.3 is 10.8 Å². The van der Waals surface area contributed by atoms with E-state index in [1.807, 2.05) is 6.92 Å². The lowest BCUT2D eigenvalue weighted by Gasteiger charge is -2.35. The molecule has 0 amide bonds. The molecule has 2 atom stereocenters. The van der Waals surface area contributed by atoms with E-state index >= 15 is 0 Å². The van der Waals surface area contributed by atoms with E-state index in [-0.39, 0.29) is 18.7 Å². The number of nitrogens with two attached hydrogens (primary N) is 1. The zero-order valence-corrected chi connectivity index (χ0v) is 8.74. The van der Waals surface area contributed by atoms with Crippen LogP contribution in [0.15, 0.2) is 0 Å². The predicted octanol–water partition coefficient (Wildman–Crippen LogP) is 0.426. The molecule has 3 heteroatoms. The summed E-state index contributed by atoms with van der Waals surface area (Å²) < 4.78 is 0. The molecule has 0 spiro atoms. The van der Waals surface area contributed by atoms with Crippen LogP contribution in [0.4, 0.5) is 0 Å². The van der Waals surface area contributed by atoms with Gasteiger partial charge in [0, 0.05) is 18.6 Å². The summed E-state index contributed by atoms with van der Waals surface area (Å²) in [5.74, 6) is 0.845. The van der Waals surface area contributed by atoms with Crippen LogP contribution in [0.2, 0.25) is 0 Å². The second kappa shape index (κ2) is 4.94. The quantitative estimate of drug-likeness (QED) is 0.654. The van der Waals surface area contributed by atoms with E-state index in [0.717, 1.165) is 12.5 Å². The smallest absolute Gasteiger partial charge is 0.0601 e. The first-order chi connectivity index (χ1) is 6.15. The fraction of sp³-hybridized carbons (Fsp3) is 1.00. The lowest BCUT2D eigenvalue weighted by Crippen LogP contribution is -2.48. The van der Waals surface area contributed by atoms with Crippen LogP contribution in [0, 0.1) is 5.92 Å². The Labute approximate surface area is 80.9 Å². The van der Waals surface area contributed by atoms with Crippen molar-refractivity contribution >= 4 is 0 Å². The Morgan fingerprint density at radius 2 is 2.15 bits per heavy atom. The summed E-state index contributed by atoms with van der Waals surface area (Å²) in [6.07, 6.45) is 4.07. The Kier molecular flexibility index (Phi) is 4.16. The molecule has 0 aromatic carbocycles. The van der Waals surface area contributed by atoms with Crippen molar-refractivity contribution in [1.29, 1.82) is 0 Å². The van der Waals surface area contributed by atoms with Crippen LogP contribution < -0.4 is 5.73 Å².